The molecule has 0 bridgehead atoms. The molecule has 1 rings (SSSR count). The van der Waals surface area contributed by atoms with Gasteiger partial charge in [-0.2, -0.15) is 13.2 Å². The molecule has 3 N–H and O–H groups in total. The molecule has 0 unspecified atom stereocenters. The number of hydrogen-bond donors (Lipinski definition) is 2. The minimum Gasteiger partial charge on any atom is -0.366 e. The second-order valence-electron chi connectivity index (χ2n) is 3.50. The average molecular weight is 282 g/mol. The van der Waals surface area contributed by atoms with Gasteiger partial charge in [0, 0.05) is 0 Å². The SMILES string of the molecule is CS(=O)(=O)Nc1ccc(C(F)(F)F)cc1C(N)=O. The molecule has 1 aromatic carbocycles. The monoisotopic (exact) mass is 282 g/mol. The van der Waals surface area contributed by atoms with E-state index in [9.17, 15) is 26.4 Å². The molecule has 0 saturated heterocycles. The molecule has 0 radical (unpaired) electrons. The molecule has 1 amide bonds. The Labute approximate surface area is 101 Å². The van der Waals surface area contributed by atoms with Crippen LogP contribution in [0.4, 0.5) is 18.9 Å². The molecule has 0 saturated carbocycles. The molecule has 0 aliphatic heterocycles. The number of carbonyl (C=O) groups is 1. The molecule has 0 aliphatic rings. The standard InChI is InChI=1S/C9H9F3N2O3S/c1-18(16,17)14-7-3-2-5(9(10,11)12)4-6(7)8(13)15/h2-4,14H,1H3,(H2,13,15). The summed E-state index contributed by atoms with van der Waals surface area (Å²) in [7, 11) is -3.72. The summed E-state index contributed by atoms with van der Waals surface area (Å²) in [5, 5.41) is 0. The summed E-state index contributed by atoms with van der Waals surface area (Å²) in [6.45, 7) is 0. The van der Waals surface area contributed by atoms with E-state index in [1.54, 1.807) is 0 Å². The summed E-state index contributed by atoms with van der Waals surface area (Å²) >= 11 is 0. The van der Waals surface area contributed by atoms with Crippen LogP contribution in [0.1, 0.15) is 15.9 Å². The summed E-state index contributed by atoms with van der Waals surface area (Å²) < 4.78 is 61.1. The highest BCUT2D eigenvalue weighted by Gasteiger charge is 2.31. The number of amides is 1. The van der Waals surface area contributed by atoms with E-state index in [0.717, 1.165) is 12.3 Å². The van der Waals surface area contributed by atoms with Crippen molar-refractivity contribution < 1.29 is 26.4 Å². The largest absolute Gasteiger partial charge is 0.416 e. The van der Waals surface area contributed by atoms with Crippen LogP contribution in [-0.2, 0) is 16.2 Å². The number of carbonyl (C=O) groups excluding carboxylic acids is 1. The van der Waals surface area contributed by atoms with Crippen LogP contribution in [-0.4, -0.2) is 20.6 Å². The lowest BCUT2D eigenvalue weighted by atomic mass is 10.1. The summed E-state index contributed by atoms with van der Waals surface area (Å²) in [5.41, 5.74) is 2.98. The van der Waals surface area contributed by atoms with Crippen LogP contribution in [0, 0.1) is 0 Å². The number of alkyl halides is 3. The summed E-state index contributed by atoms with van der Waals surface area (Å²) in [6.07, 6.45) is -3.84. The Kier molecular flexibility index (Phi) is 3.56. The Bertz CT molecular complexity index is 581. The Hall–Kier alpha value is -1.77. The van der Waals surface area contributed by atoms with Crippen LogP contribution >= 0.6 is 0 Å². The van der Waals surface area contributed by atoms with Crippen molar-refractivity contribution >= 4 is 21.6 Å². The normalized spacial score (nSPS) is 12.2. The van der Waals surface area contributed by atoms with Crippen molar-refractivity contribution in [2.75, 3.05) is 11.0 Å². The topological polar surface area (TPSA) is 89.3 Å². The van der Waals surface area contributed by atoms with Gasteiger partial charge in [0.15, 0.2) is 0 Å². The Balaban J connectivity index is 3.34. The fourth-order valence-corrected chi connectivity index (χ4v) is 1.79. The van der Waals surface area contributed by atoms with Crippen molar-refractivity contribution in [3.05, 3.63) is 29.3 Å². The highest BCUT2D eigenvalue weighted by atomic mass is 32.2. The summed E-state index contributed by atoms with van der Waals surface area (Å²) in [4.78, 5) is 11.0. The van der Waals surface area contributed by atoms with E-state index in [0.29, 0.717) is 12.1 Å². The molecule has 0 aromatic heterocycles. The molecular weight excluding hydrogens is 273 g/mol. The zero-order valence-electron chi connectivity index (χ0n) is 9.08. The first-order valence-electron chi connectivity index (χ1n) is 4.49. The van der Waals surface area contributed by atoms with E-state index < -0.39 is 33.2 Å². The number of primary amides is 1. The van der Waals surface area contributed by atoms with Crippen molar-refractivity contribution in [2.45, 2.75) is 6.18 Å². The first-order chi connectivity index (χ1) is 8.00. The number of nitrogens with one attached hydrogen (secondary N) is 1. The highest BCUT2D eigenvalue weighted by Crippen LogP contribution is 2.31. The Morgan fingerprint density at radius 1 is 1.33 bits per heavy atom. The van der Waals surface area contributed by atoms with Gasteiger partial charge in [-0.1, -0.05) is 0 Å². The van der Waals surface area contributed by atoms with Gasteiger partial charge in [0.25, 0.3) is 5.91 Å². The molecule has 0 aliphatic carbocycles. The summed E-state index contributed by atoms with van der Waals surface area (Å²) in [6, 6.07) is 1.99. The van der Waals surface area contributed by atoms with E-state index in [2.05, 4.69) is 0 Å². The van der Waals surface area contributed by atoms with Gasteiger partial charge in [-0.3, -0.25) is 9.52 Å². The maximum atomic E-state index is 12.4. The van der Waals surface area contributed by atoms with Crippen molar-refractivity contribution in [1.29, 1.82) is 0 Å². The smallest absolute Gasteiger partial charge is 0.366 e. The zero-order valence-corrected chi connectivity index (χ0v) is 9.89. The van der Waals surface area contributed by atoms with E-state index in [4.69, 9.17) is 5.73 Å². The molecule has 0 fully saturated rings. The predicted molar refractivity (Wildman–Crippen MR) is 58.4 cm³/mol. The van der Waals surface area contributed by atoms with Crippen molar-refractivity contribution in [1.82, 2.24) is 0 Å². The number of benzene rings is 1. The third-order valence-electron chi connectivity index (χ3n) is 1.91. The maximum Gasteiger partial charge on any atom is 0.416 e. The van der Waals surface area contributed by atoms with Crippen LogP contribution < -0.4 is 10.5 Å². The first kappa shape index (κ1) is 14.3. The van der Waals surface area contributed by atoms with E-state index >= 15 is 0 Å². The number of halogens is 3. The van der Waals surface area contributed by atoms with Crippen molar-refractivity contribution in [3.8, 4) is 0 Å². The third kappa shape index (κ3) is 3.62. The Morgan fingerprint density at radius 3 is 2.28 bits per heavy atom. The van der Waals surface area contributed by atoms with Gasteiger partial charge in [0.05, 0.1) is 23.1 Å². The maximum absolute atomic E-state index is 12.4. The van der Waals surface area contributed by atoms with Gasteiger partial charge >= 0.3 is 6.18 Å². The number of nitrogens with two attached hydrogens (primary N) is 1. The molecule has 0 spiro atoms. The number of sulfonamides is 1. The minimum atomic E-state index is -4.65. The van der Waals surface area contributed by atoms with Crippen molar-refractivity contribution in [3.63, 3.8) is 0 Å². The zero-order chi connectivity index (χ0) is 14.1. The third-order valence-corrected chi connectivity index (χ3v) is 2.50. The fraction of sp³-hybridized carbons (Fsp3) is 0.222. The fourth-order valence-electron chi connectivity index (χ4n) is 1.21. The summed E-state index contributed by atoms with van der Waals surface area (Å²) in [5.74, 6) is -1.16. The lowest BCUT2D eigenvalue weighted by molar-refractivity contribution is -0.137. The van der Waals surface area contributed by atoms with E-state index in [-0.39, 0.29) is 5.69 Å². The van der Waals surface area contributed by atoms with Crippen LogP contribution in [0.5, 0.6) is 0 Å². The van der Waals surface area contributed by atoms with Crippen LogP contribution in [0.2, 0.25) is 0 Å². The molecule has 0 atom stereocenters. The quantitative estimate of drug-likeness (QED) is 0.872. The molecule has 0 heterocycles. The molecule has 5 nitrogen and oxygen atoms in total. The van der Waals surface area contributed by atoms with E-state index in [1.807, 2.05) is 4.72 Å². The molecule has 9 heteroatoms. The van der Waals surface area contributed by atoms with Gasteiger partial charge in [-0.25, -0.2) is 8.42 Å². The number of rotatable bonds is 3. The molecular formula is C9H9F3N2O3S. The Morgan fingerprint density at radius 2 is 1.89 bits per heavy atom. The first-order valence-corrected chi connectivity index (χ1v) is 6.38. The van der Waals surface area contributed by atoms with Gasteiger partial charge in [0.2, 0.25) is 10.0 Å². The lowest BCUT2D eigenvalue weighted by Gasteiger charge is -2.12. The second-order valence-corrected chi connectivity index (χ2v) is 5.25. The number of anilines is 1. The van der Waals surface area contributed by atoms with Gasteiger partial charge in [0.1, 0.15) is 0 Å². The predicted octanol–water partition coefficient (Wildman–Crippen LogP) is 1.18. The molecule has 100 valence electrons. The van der Waals surface area contributed by atoms with Gasteiger partial charge in [-0.15, -0.1) is 0 Å². The van der Waals surface area contributed by atoms with Crippen LogP contribution in [0.3, 0.4) is 0 Å². The average Bonchev–Trinajstić information content (AvgIpc) is 2.13. The number of hydrogen-bond acceptors (Lipinski definition) is 3. The van der Waals surface area contributed by atoms with E-state index in [1.165, 1.54) is 0 Å². The lowest BCUT2D eigenvalue weighted by Crippen LogP contribution is -2.19. The molecule has 18 heavy (non-hydrogen) atoms. The van der Waals surface area contributed by atoms with Crippen LogP contribution in [0.25, 0.3) is 0 Å². The van der Waals surface area contributed by atoms with Gasteiger partial charge in [-0.05, 0) is 18.2 Å². The minimum absolute atomic E-state index is 0.294. The van der Waals surface area contributed by atoms with Crippen LogP contribution in [0.15, 0.2) is 18.2 Å². The second kappa shape index (κ2) is 4.48. The van der Waals surface area contributed by atoms with Gasteiger partial charge < -0.3 is 5.73 Å². The molecule has 1 aromatic rings. The van der Waals surface area contributed by atoms with Crippen molar-refractivity contribution in [2.24, 2.45) is 5.73 Å². The highest BCUT2D eigenvalue weighted by molar-refractivity contribution is 7.92.